The maximum Gasteiger partial charge on any atom is 0.247 e. The summed E-state index contributed by atoms with van der Waals surface area (Å²) in [5.74, 6) is 0.821. The van der Waals surface area contributed by atoms with Crippen LogP contribution in [0.2, 0.25) is 0 Å². The zero-order valence-corrected chi connectivity index (χ0v) is 15.9. The van der Waals surface area contributed by atoms with Crippen LogP contribution in [-0.2, 0) is 4.79 Å². The van der Waals surface area contributed by atoms with Gasteiger partial charge in [0.25, 0.3) is 0 Å². The Morgan fingerprint density at radius 3 is 2.55 bits per heavy atom. The van der Waals surface area contributed by atoms with Gasteiger partial charge in [0.2, 0.25) is 5.91 Å². The lowest BCUT2D eigenvalue weighted by atomic mass is 10.1. The van der Waals surface area contributed by atoms with E-state index >= 15 is 0 Å². The molecule has 3 aromatic carbocycles. The number of aromatic amines is 1. The SMILES string of the molecule is O=C(NC1CC1)C(Nc1cccc(-c2nc3ccccc3[nH]2)c1)c1ccccc1. The van der Waals surface area contributed by atoms with E-state index in [1.54, 1.807) is 0 Å². The van der Waals surface area contributed by atoms with E-state index in [1.807, 2.05) is 78.9 Å². The lowest BCUT2D eigenvalue weighted by Gasteiger charge is -2.20. The van der Waals surface area contributed by atoms with Gasteiger partial charge >= 0.3 is 0 Å². The van der Waals surface area contributed by atoms with Crippen molar-refractivity contribution in [3.63, 3.8) is 0 Å². The van der Waals surface area contributed by atoms with Gasteiger partial charge in [0.15, 0.2) is 0 Å². The summed E-state index contributed by atoms with van der Waals surface area (Å²) < 4.78 is 0. The molecule has 5 heteroatoms. The van der Waals surface area contributed by atoms with Crippen molar-refractivity contribution in [1.82, 2.24) is 15.3 Å². The highest BCUT2D eigenvalue weighted by molar-refractivity contribution is 5.87. The van der Waals surface area contributed by atoms with E-state index in [2.05, 4.69) is 20.6 Å². The van der Waals surface area contributed by atoms with E-state index in [1.165, 1.54) is 0 Å². The first-order valence-electron chi connectivity index (χ1n) is 9.93. The van der Waals surface area contributed by atoms with Gasteiger partial charge in [-0.25, -0.2) is 4.98 Å². The third-order valence-electron chi connectivity index (χ3n) is 5.16. The number of hydrogen-bond acceptors (Lipinski definition) is 3. The van der Waals surface area contributed by atoms with Gasteiger partial charge in [0.1, 0.15) is 11.9 Å². The molecule has 1 aromatic heterocycles. The minimum absolute atomic E-state index is 0.00726. The fourth-order valence-electron chi connectivity index (χ4n) is 3.47. The summed E-state index contributed by atoms with van der Waals surface area (Å²) in [6.45, 7) is 0. The van der Waals surface area contributed by atoms with Crippen LogP contribution in [0.4, 0.5) is 5.69 Å². The van der Waals surface area contributed by atoms with Crippen LogP contribution in [-0.4, -0.2) is 21.9 Å². The second-order valence-electron chi connectivity index (χ2n) is 7.45. The maximum absolute atomic E-state index is 12.9. The van der Waals surface area contributed by atoms with Gasteiger partial charge in [-0.1, -0.05) is 54.6 Å². The molecule has 5 rings (SSSR count). The van der Waals surface area contributed by atoms with Gasteiger partial charge in [-0.2, -0.15) is 0 Å². The largest absolute Gasteiger partial charge is 0.370 e. The average Bonchev–Trinajstić information content (AvgIpc) is 3.46. The van der Waals surface area contributed by atoms with E-state index in [-0.39, 0.29) is 5.91 Å². The number of carbonyl (C=O) groups is 1. The molecule has 1 aliphatic carbocycles. The number of H-pyrrole nitrogens is 1. The second-order valence-corrected chi connectivity index (χ2v) is 7.45. The molecule has 1 heterocycles. The highest BCUT2D eigenvalue weighted by atomic mass is 16.2. The number of rotatable bonds is 6. The number of anilines is 1. The van der Waals surface area contributed by atoms with Crippen LogP contribution in [0.1, 0.15) is 24.4 Å². The minimum atomic E-state index is -0.442. The minimum Gasteiger partial charge on any atom is -0.370 e. The van der Waals surface area contributed by atoms with Crippen LogP contribution in [0.25, 0.3) is 22.4 Å². The van der Waals surface area contributed by atoms with Crippen LogP contribution in [0.5, 0.6) is 0 Å². The van der Waals surface area contributed by atoms with Crippen molar-refractivity contribution in [3.8, 4) is 11.4 Å². The van der Waals surface area contributed by atoms with E-state index in [4.69, 9.17) is 0 Å². The quantitative estimate of drug-likeness (QED) is 0.454. The molecule has 144 valence electrons. The van der Waals surface area contributed by atoms with Crippen LogP contribution >= 0.6 is 0 Å². The van der Waals surface area contributed by atoms with Gasteiger partial charge in [0.05, 0.1) is 11.0 Å². The first-order valence-corrected chi connectivity index (χ1v) is 9.93. The Hall–Kier alpha value is -3.60. The predicted octanol–water partition coefficient (Wildman–Crippen LogP) is 4.66. The molecule has 1 atom stereocenters. The van der Waals surface area contributed by atoms with E-state index in [9.17, 15) is 4.79 Å². The Kier molecular flexibility index (Phi) is 4.48. The van der Waals surface area contributed by atoms with Crippen molar-refractivity contribution >= 4 is 22.6 Å². The molecule has 29 heavy (non-hydrogen) atoms. The number of carbonyl (C=O) groups excluding carboxylic acids is 1. The molecule has 1 aliphatic rings. The average molecular weight is 382 g/mol. The molecule has 1 saturated carbocycles. The molecule has 0 radical (unpaired) electrons. The van der Waals surface area contributed by atoms with Crippen molar-refractivity contribution in [1.29, 1.82) is 0 Å². The first-order chi connectivity index (χ1) is 14.3. The molecule has 4 aromatic rings. The molecule has 0 saturated heterocycles. The van der Waals surface area contributed by atoms with Gasteiger partial charge < -0.3 is 15.6 Å². The molecule has 1 fully saturated rings. The van der Waals surface area contributed by atoms with E-state index < -0.39 is 6.04 Å². The molecular formula is C24H22N4O. The number of para-hydroxylation sites is 2. The molecule has 1 unspecified atom stereocenters. The topological polar surface area (TPSA) is 69.8 Å². The molecule has 5 nitrogen and oxygen atoms in total. The molecule has 0 bridgehead atoms. The normalized spacial score (nSPS) is 14.5. The summed E-state index contributed by atoms with van der Waals surface area (Å²) in [5.41, 5.74) is 4.74. The summed E-state index contributed by atoms with van der Waals surface area (Å²) in [6.07, 6.45) is 2.13. The number of nitrogens with one attached hydrogen (secondary N) is 3. The van der Waals surface area contributed by atoms with Crippen molar-refractivity contribution in [3.05, 3.63) is 84.4 Å². The standard InChI is InChI=1S/C24H22N4O/c29-24(26-18-13-14-18)22(16-7-2-1-3-8-16)25-19-10-6-9-17(15-19)23-27-20-11-4-5-12-21(20)28-23/h1-12,15,18,22,25H,13-14H2,(H,26,29)(H,27,28). The van der Waals surface area contributed by atoms with Crippen molar-refractivity contribution in [2.24, 2.45) is 0 Å². The summed E-state index contributed by atoms with van der Waals surface area (Å²) in [4.78, 5) is 20.9. The lowest BCUT2D eigenvalue weighted by Crippen LogP contribution is -2.34. The highest BCUT2D eigenvalue weighted by Crippen LogP contribution is 2.27. The predicted molar refractivity (Wildman–Crippen MR) is 116 cm³/mol. The van der Waals surface area contributed by atoms with Crippen LogP contribution < -0.4 is 10.6 Å². The number of aromatic nitrogens is 2. The molecule has 3 N–H and O–H groups in total. The summed E-state index contributed by atoms with van der Waals surface area (Å²) in [7, 11) is 0. The first kappa shape index (κ1) is 17.5. The summed E-state index contributed by atoms with van der Waals surface area (Å²) in [5, 5.41) is 6.54. The highest BCUT2D eigenvalue weighted by Gasteiger charge is 2.28. The Labute approximate surface area is 169 Å². The number of fused-ring (bicyclic) bond motifs is 1. The Morgan fingerprint density at radius 2 is 1.76 bits per heavy atom. The Balaban J connectivity index is 1.44. The fraction of sp³-hybridized carbons (Fsp3) is 0.167. The van der Waals surface area contributed by atoms with Crippen LogP contribution in [0.3, 0.4) is 0 Å². The molecule has 0 spiro atoms. The molecule has 0 aliphatic heterocycles. The number of nitrogens with zero attached hydrogens (tertiary/aromatic N) is 1. The van der Waals surface area contributed by atoms with Gasteiger partial charge in [-0.05, 0) is 42.7 Å². The van der Waals surface area contributed by atoms with E-state index in [0.29, 0.717) is 6.04 Å². The van der Waals surface area contributed by atoms with Crippen molar-refractivity contribution < 1.29 is 4.79 Å². The van der Waals surface area contributed by atoms with Crippen molar-refractivity contribution in [2.75, 3.05) is 5.32 Å². The Morgan fingerprint density at radius 1 is 0.966 bits per heavy atom. The summed E-state index contributed by atoms with van der Waals surface area (Å²) >= 11 is 0. The van der Waals surface area contributed by atoms with E-state index in [0.717, 1.165) is 46.5 Å². The van der Waals surface area contributed by atoms with Gasteiger partial charge in [0, 0.05) is 17.3 Å². The fourth-order valence-corrected chi connectivity index (χ4v) is 3.47. The molecule has 1 amide bonds. The van der Waals surface area contributed by atoms with Crippen LogP contribution in [0, 0.1) is 0 Å². The third-order valence-corrected chi connectivity index (χ3v) is 5.16. The zero-order chi connectivity index (χ0) is 19.6. The van der Waals surface area contributed by atoms with Crippen molar-refractivity contribution in [2.45, 2.75) is 24.9 Å². The van der Waals surface area contributed by atoms with Gasteiger partial charge in [-0.15, -0.1) is 0 Å². The second kappa shape index (κ2) is 7.43. The maximum atomic E-state index is 12.9. The zero-order valence-electron chi connectivity index (χ0n) is 15.9. The number of imidazole rings is 1. The summed E-state index contributed by atoms with van der Waals surface area (Å²) in [6, 6.07) is 25.7. The molecular weight excluding hydrogens is 360 g/mol. The number of hydrogen-bond donors (Lipinski definition) is 3. The third kappa shape index (κ3) is 3.85. The monoisotopic (exact) mass is 382 g/mol. The van der Waals surface area contributed by atoms with Gasteiger partial charge in [-0.3, -0.25) is 4.79 Å². The number of amides is 1. The number of benzene rings is 3. The smallest absolute Gasteiger partial charge is 0.247 e. The lowest BCUT2D eigenvalue weighted by molar-refractivity contribution is -0.122. The Bertz CT molecular complexity index is 1110. The van der Waals surface area contributed by atoms with Crippen LogP contribution in [0.15, 0.2) is 78.9 Å².